The molecule has 1 aromatic carbocycles. The SMILES string of the molecule is CC(=O)Nc1ccc(NC(=O)c2ccc(N3CCN(C(C)=O)CC3)cn2)cc1. The molecule has 1 fully saturated rings. The summed E-state index contributed by atoms with van der Waals surface area (Å²) in [5.41, 5.74) is 2.53. The highest BCUT2D eigenvalue weighted by Crippen LogP contribution is 2.17. The van der Waals surface area contributed by atoms with E-state index >= 15 is 0 Å². The van der Waals surface area contributed by atoms with Crippen molar-refractivity contribution in [3.63, 3.8) is 0 Å². The van der Waals surface area contributed by atoms with E-state index in [0.717, 1.165) is 18.8 Å². The van der Waals surface area contributed by atoms with Crippen LogP contribution >= 0.6 is 0 Å². The van der Waals surface area contributed by atoms with E-state index in [1.165, 1.54) is 6.92 Å². The second kappa shape index (κ2) is 8.51. The van der Waals surface area contributed by atoms with Gasteiger partial charge in [0.1, 0.15) is 5.69 Å². The Hall–Kier alpha value is -3.42. The topological polar surface area (TPSA) is 94.6 Å². The number of aromatic nitrogens is 1. The first kappa shape index (κ1) is 19.3. The molecule has 0 saturated carbocycles. The molecule has 0 bridgehead atoms. The lowest BCUT2D eigenvalue weighted by atomic mass is 10.2. The first-order chi connectivity index (χ1) is 13.4. The Balaban J connectivity index is 1.58. The zero-order valence-electron chi connectivity index (χ0n) is 15.9. The molecule has 28 heavy (non-hydrogen) atoms. The molecule has 0 radical (unpaired) electrons. The summed E-state index contributed by atoms with van der Waals surface area (Å²) in [6, 6.07) is 10.4. The fourth-order valence-electron chi connectivity index (χ4n) is 3.02. The van der Waals surface area contributed by atoms with Crippen LogP contribution in [0.5, 0.6) is 0 Å². The molecule has 2 N–H and O–H groups in total. The lowest BCUT2D eigenvalue weighted by molar-refractivity contribution is -0.129. The van der Waals surface area contributed by atoms with Crippen molar-refractivity contribution in [1.82, 2.24) is 9.88 Å². The third kappa shape index (κ3) is 4.85. The molecule has 3 rings (SSSR count). The maximum atomic E-state index is 12.4. The van der Waals surface area contributed by atoms with Crippen LogP contribution < -0.4 is 15.5 Å². The zero-order valence-corrected chi connectivity index (χ0v) is 15.9. The standard InChI is InChI=1S/C20H23N5O3/c1-14(26)22-16-3-5-17(6-4-16)23-20(28)19-8-7-18(13-21-19)25-11-9-24(10-12-25)15(2)27/h3-8,13H,9-12H2,1-2H3,(H,22,26)(H,23,28). The lowest BCUT2D eigenvalue weighted by Gasteiger charge is -2.35. The van der Waals surface area contributed by atoms with Crippen LogP contribution in [0.3, 0.4) is 0 Å². The molecule has 2 heterocycles. The number of benzene rings is 1. The maximum absolute atomic E-state index is 12.4. The van der Waals surface area contributed by atoms with Gasteiger partial charge in [-0.3, -0.25) is 14.4 Å². The van der Waals surface area contributed by atoms with E-state index in [4.69, 9.17) is 0 Å². The van der Waals surface area contributed by atoms with Crippen LogP contribution in [0.1, 0.15) is 24.3 Å². The molecule has 0 spiro atoms. The highest BCUT2D eigenvalue weighted by Gasteiger charge is 2.19. The molecule has 0 atom stereocenters. The number of pyridine rings is 1. The molecule has 1 aromatic heterocycles. The van der Waals surface area contributed by atoms with Gasteiger partial charge in [0, 0.05) is 51.4 Å². The number of nitrogens with one attached hydrogen (secondary N) is 2. The average molecular weight is 381 g/mol. The highest BCUT2D eigenvalue weighted by molar-refractivity contribution is 6.03. The number of hydrogen-bond donors (Lipinski definition) is 2. The van der Waals surface area contributed by atoms with Gasteiger partial charge in [0.05, 0.1) is 11.9 Å². The number of rotatable bonds is 4. The van der Waals surface area contributed by atoms with E-state index in [-0.39, 0.29) is 17.7 Å². The molecule has 8 nitrogen and oxygen atoms in total. The van der Waals surface area contributed by atoms with Crippen molar-refractivity contribution in [3.8, 4) is 0 Å². The van der Waals surface area contributed by atoms with Gasteiger partial charge in [-0.2, -0.15) is 0 Å². The summed E-state index contributed by atoms with van der Waals surface area (Å²) in [5.74, 6) is -0.362. The number of piperazine rings is 1. The van der Waals surface area contributed by atoms with Gasteiger partial charge in [0.15, 0.2) is 0 Å². The highest BCUT2D eigenvalue weighted by atomic mass is 16.2. The van der Waals surface area contributed by atoms with Crippen LogP contribution in [-0.4, -0.2) is 53.8 Å². The van der Waals surface area contributed by atoms with Crippen LogP contribution in [-0.2, 0) is 9.59 Å². The molecule has 0 unspecified atom stereocenters. The van der Waals surface area contributed by atoms with Crippen molar-refractivity contribution in [1.29, 1.82) is 0 Å². The predicted octanol–water partition coefficient (Wildman–Crippen LogP) is 1.96. The van der Waals surface area contributed by atoms with Gasteiger partial charge in [0.25, 0.3) is 5.91 Å². The number of nitrogens with zero attached hydrogens (tertiary/aromatic N) is 3. The molecule has 3 amide bonds. The van der Waals surface area contributed by atoms with E-state index in [0.29, 0.717) is 30.2 Å². The van der Waals surface area contributed by atoms with Gasteiger partial charge >= 0.3 is 0 Å². The largest absolute Gasteiger partial charge is 0.367 e. The lowest BCUT2D eigenvalue weighted by Crippen LogP contribution is -2.48. The van der Waals surface area contributed by atoms with Crippen LogP contribution in [0, 0.1) is 0 Å². The Labute approximate surface area is 163 Å². The second-order valence-electron chi connectivity index (χ2n) is 6.61. The maximum Gasteiger partial charge on any atom is 0.274 e. The Morgan fingerprint density at radius 1 is 0.857 bits per heavy atom. The van der Waals surface area contributed by atoms with Crippen molar-refractivity contribution in [3.05, 3.63) is 48.3 Å². The number of amides is 3. The van der Waals surface area contributed by atoms with Crippen LogP contribution in [0.25, 0.3) is 0 Å². The first-order valence-electron chi connectivity index (χ1n) is 9.08. The van der Waals surface area contributed by atoms with E-state index in [1.807, 2.05) is 11.0 Å². The number of anilines is 3. The van der Waals surface area contributed by atoms with Crippen molar-refractivity contribution >= 4 is 34.8 Å². The van der Waals surface area contributed by atoms with Crippen LogP contribution in [0.4, 0.5) is 17.1 Å². The Kier molecular flexibility index (Phi) is 5.88. The number of carbonyl (C=O) groups excluding carboxylic acids is 3. The van der Waals surface area contributed by atoms with E-state index in [1.54, 1.807) is 43.5 Å². The molecular formula is C20H23N5O3. The number of carbonyl (C=O) groups is 3. The van der Waals surface area contributed by atoms with E-state index in [9.17, 15) is 14.4 Å². The van der Waals surface area contributed by atoms with Crippen molar-refractivity contribution in [2.75, 3.05) is 41.7 Å². The van der Waals surface area contributed by atoms with Crippen molar-refractivity contribution < 1.29 is 14.4 Å². The smallest absolute Gasteiger partial charge is 0.274 e. The quantitative estimate of drug-likeness (QED) is 0.844. The third-order valence-corrected chi connectivity index (χ3v) is 4.53. The van der Waals surface area contributed by atoms with Crippen LogP contribution in [0.2, 0.25) is 0 Å². The summed E-state index contributed by atoms with van der Waals surface area (Å²) >= 11 is 0. The molecule has 146 valence electrons. The fourth-order valence-corrected chi connectivity index (χ4v) is 3.02. The fraction of sp³-hybridized carbons (Fsp3) is 0.300. The first-order valence-corrected chi connectivity index (χ1v) is 9.08. The summed E-state index contributed by atoms with van der Waals surface area (Å²) in [6.45, 7) is 5.88. The Morgan fingerprint density at radius 2 is 1.46 bits per heavy atom. The van der Waals surface area contributed by atoms with Gasteiger partial charge in [0.2, 0.25) is 11.8 Å². The minimum absolute atomic E-state index is 0.0925. The molecule has 2 aromatic rings. The van der Waals surface area contributed by atoms with Gasteiger partial charge in [-0.25, -0.2) is 4.98 Å². The second-order valence-corrected chi connectivity index (χ2v) is 6.61. The summed E-state index contributed by atoms with van der Waals surface area (Å²) in [6.07, 6.45) is 1.68. The summed E-state index contributed by atoms with van der Waals surface area (Å²) in [7, 11) is 0. The van der Waals surface area contributed by atoms with Gasteiger partial charge in [-0.05, 0) is 36.4 Å². The summed E-state index contributed by atoms with van der Waals surface area (Å²) < 4.78 is 0. The zero-order chi connectivity index (χ0) is 20.1. The van der Waals surface area contributed by atoms with Crippen LogP contribution in [0.15, 0.2) is 42.6 Å². The molecular weight excluding hydrogens is 358 g/mol. The molecule has 0 aliphatic carbocycles. The minimum atomic E-state index is -0.305. The normalized spacial score (nSPS) is 13.8. The Morgan fingerprint density at radius 3 is 1.96 bits per heavy atom. The molecule has 1 saturated heterocycles. The van der Waals surface area contributed by atoms with Gasteiger partial charge in [-0.15, -0.1) is 0 Å². The summed E-state index contributed by atoms with van der Waals surface area (Å²) in [4.78, 5) is 43.1. The van der Waals surface area contributed by atoms with Crippen molar-refractivity contribution in [2.45, 2.75) is 13.8 Å². The van der Waals surface area contributed by atoms with E-state index < -0.39 is 0 Å². The molecule has 1 aliphatic rings. The third-order valence-electron chi connectivity index (χ3n) is 4.53. The monoisotopic (exact) mass is 381 g/mol. The Bertz CT molecular complexity index is 856. The summed E-state index contributed by atoms with van der Waals surface area (Å²) in [5, 5.41) is 5.46. The number of hydrogen-bond acceptors (Lipinski definition) is 5. The predicted molar refractivity (Wildman–Crippen MR) is 107 cm³/mol. The minimum Gasteiger partial charge on any atom is -0.367 e. The molecule has 1 aliphatic heterocycles. The van der Waals surface area contributed by atoms with Gasteiger partial charge < -0.3 is 20.4 Å². The average Bonchev–Trinajstić information content (AvgIpc) is 2.69. The molecule has 8 heteroatoms. The van der Waals surface area contributed by atoms with Crippen molar-refractivity contribution in [2.24, 2.45) is 0 Å². The van der Waals surface area contributed by atoms with Gasteiger partial charge in [-0.1, -0.05) is 0 Å². The van der Waals surface area contributed by atoms with E-state index in [2.05, 4.69) is 20.5 Å².